The first-order chi connectivity index (χ1) is 7.02. The summed E-state index contributed by atoms with van der Waals surface area (Å²) in [6.07, 6.45) is 0. The van der Waals surface area contributed by atoms with Gasteiger partial charge in [0.25, 0.3) is 0 Å². The Morgan fingerprint density at radius 1 is 1.33 bits per heavy atom. The third-order valence-electron chi connectivity index (χ3n) is 2.01. The second-order valence-corrected chi connectivity index (χ2v) is 4.71. The fraction of sp³-hybridized carbons (Fsp3) is 0.600. The lowest BCUT2D eigenvalue weighted by Crippen LogP contribution is -2.35. The molecule has 0 saturated carbocycles. The van der Waals surface area contributed by atoms with E-state index in [1.165, 1.54) is 4.88 Å². The SMILES string of the molecule is Cc1ncsc1CN=C(N(C)C)N(C)C. The summed E-state index contributed by atoms with van der Waals surface area (Å²) in [4.78, 5) is 14.0. The van der Waals surface area contributed by atoms with Gasteiger partial charge in [0.1, 0.15) is 0 Å². The Morgan fingerprint density at radius 3 is 2.33 bits per heavy atom. The average molecular weight is 226 g/mol. The van der Waals surface area contributed by atoms with Gasteiger partial charge in [0.2, 0.25) is 0 Å². The second kappa shape index (κ2) is 5.11. The van der Waals surface area contributed by atoms with Crippen molar-refractivity contribution in [2.75, 3.05) is 28.2 Å². The highest BCUT2D eigenvalue weighted by Crippen LogP contribution is 2.13. The Bertz CT molecular complexity index is 331. The zero-order chi connectivity index (χ0) is 11.4. The Morgan fingerprint density at radius 2 is 1.93 bits per heavy atom. The van der Waals surface area contributed by atoms with E-state index in [9.17, 15) is 0 Å². The van der Waals surface area contributed by atoms with Crippen molar-refractivity contribution in [3.05, 3.63) is 16.1 Å². The van der Waals surface area contributed by atoms with Crippen LogP contribution in [0, 0.1) is 6.92 Å². The summed E-state index contributed by atoms with van der Waals surface area (Å²) in [7, 11) is 7.99. The third-order valence-corrected chi connectivity index (χ3v) is 2.93. The van der Waals surface area contributed by atoms with Gasteiger partial charge in [-0.05, 0) is 6.92 Å². The summed E-state index contributed by atoms with van der Waals surface area (Å²) in [5.74, 6) is 0.975. The maximum absolute atomic E-state index is 4.56. The van der Waals surface area contributed by atoms with Crippen LogP contribution in [0.4, 0.5) is 0 Å². The van der Waals surface area contributed by atoms with Gasteiger partial charge in [-0.1, -0.05) is 0 Å². The first-order valence-electron chi connectivity index (χ1n) is 4.80. The molecule has 0 amide bonds. The minimum Gasteiger partial charge on any atom is -0.349 e. The predicted molar refractivity (Wildman–Crippen MR) is 65.4 cm³/mol. The van der Waals surface area contributed by atoms with Crippen LogP contribution in [0.1, 0.15) is 10.6 Å². The average Bonchev–Trinajstić information content (AvgIpc) is 2.51. The summed E-state index contributed by atoms with van der Waals surface area (Å²) in [6, 6.07) is 0. The van der Waals surface area contributed by atoms with Crippen molar-refractivity contribution in [1.82, 2.24) is 14.8 Å². The molecule has 0 aliphatic carbocycles. The molecule has 0 radical (unpaired) electrons. The van der Waals surface area contributed by atoms with Crippen LogP contribution in [0.2, 0.25) is 0 Å². The van der Waals surface area contributed by atoms with Crippen LogP contribution >= 0.6 is 11.3 Å². The molecule has 84 valence electrons. The molecule has 0 fully saturated rings. The zero-order valence-corrected chi connectivity index (χ0v) is 10.8. The maximum Gasteiger partial charge on any atom is 0.195 e. The van der Waals surface area contributed by atoms with Gasteiger partial charge < -0.3 is 9.80 Å². The molecule has 1 heterocycles. The van der Waals surface area contributed by atoms with E-state index in [2.05, 4.69) is 9.98 Å². The number of guanidine groups is 1. The van der Waals surface area contributed by atoms with Gasteiger partial charge in [-0.2, -0.15) is 0 Å². The van der Waals surface area contributed by atoms with Gasteiger partial charge in [-0.15, -0.1) is 11.3 Å². The summed E-state index contributed by atoms with van der Waals surface area (Å²) in [5, 5.41) is 0. The Hall–Kier alpha value is -1.10. The molecule has 15 heavy (non-hydrogen) atoms. The van der Waals surface area contributed by atoms with Crippen LogP contribution in [0.5, 0.6) is 0 Å². The second-order valence-electron chi connectivity index (χ2n) is 3.77. The van der Waals surface area contributed by atoms with E-state index in [1.807, 2.05) is 50.4 Å². The highest BCUT2D eigenvalue weighted by molar-refractivity contribution is 7.09. The Kier molecular flexibility index (Phi) is 4.08. The van der Waals surface area contributed by atoms with Crippen molar-refractivity contribution < 1.29 is 0 Å². The number of aliphatic imine (C=N–C) groups is 1. The fourth-order valence-electron chi connectivity index (χ4n) is 1.30. The summed E-state index contributed by atoms with van der Waals surface area (Å²) in [6.45, 7) is 2.73. The number of aromatic nitrogens is 1. The van der Waals surface area contributed by atoms with E-state index >= 15 is 0 Å². The van der Waals surface area contributed by atoms with Crippen molar-refractivity contribution in [3.63, 3.8) is 0 Å². The van der Waals surface area contributed by atoms with Crippen LogP contribution in [0.25, 0.3) is 0 Å². The quantitative estimate of drug-likeness (QED) is 0.565. The minimum atomic E-state index is 0.711. The largest absolute Gasteiger partial charge is 0.349 e. The molecule has 0 aromatic carbocycles. The molecule has 0 saturated heterocycles. The number of thiazole rings is 1. The number of rotatable bonds is 2. The Balaban J connectivity index is 2.74. The number of nitrogens with zero attached hydrogens (tertiary/aromatic N) is 4. The molecule has 1 aromatic rings. The van der Waals surface area contributed by atoms with Crippen molar-refractivity contribution in [3.8, 4) is 0 Å². The predicted octanol–water partition coefficient (Wildman–Crippen LogP) is 1.43. The van der Waals surface area contributed by atoms with Crippen LogP contribution < -0.4 is 0 Å². The summed E-state index contributed by atoms with van der Waals surface area (Å²) < 4.78 is 0. The van der Waals surface area contributed by atoms with Gasteiger partial charge in [-0.25, -0.2) is 9.98 Å². The van der Waals surface area contributed by atoms with Crippen molar-refractivity contribution in [2.24, 2.45) is 4.99 Å². The monoisotopic (exact) mass is 226 g/mol. The van der Waals surface area contributed by atoms with E-state index in [4.69, 9.17) is 0 Å². The van der Waals surface area contributed by atoms with E-state index in [-0.39, 0.29) is 0 Å². The van der Waals surface area contributed by atoms with E-state index in [1.54, 1.807) is 11.3 Å². The van der Waals surface area contributed by atoms with Crippen LogP contribution in [0.3, 0.4) is 0 Å². The normalized spacial score (nSPS) is 9.93. The van der Waals surface area contributed by atoms with E-state index in [0.29, 0.717) is 6.54 Å². The summed E-state index contributed by atoms with van der Waals surface area (Å²) in [5.41, 5.74) is 2.95. The minimum absolute atomic E-state index is 0.711. The molecule has 0 unspecified atom stereocenters. The number of hydrogen-bond donors (Lipinski definition) is 0. The van der Waals surface area contributed by atoms with E-state index < -0.39 is 0 Å². The number of aryl methyl sites for hydroxylation is 1. The lowest BCUT2D eigenvalue weighted by atomic mass is 10.4. The standard InChI is InChI=1S/C10H18N4S/c1-8-9(15-7-12-8)6-11-10(13(2)3)14(4)5/h7H,6H2,1-5H3. The van der Waals surface area contributed by atoms with Gasteiger partial charge >= 0.3 is 0 Å². The molecule has 5 heteroatoms. The third kappa shape index (κ3) is 3.20. The molecule has 0 bridgehead atoms. The number of hydrogen-bond acceptors (Lipinski definition) is 3. The van der Waals surface area contributed by atoms with Gasteiger partial charge in [-0.3, -0.25) is 0 Å². The smallest absolute Gasteiger partial charge is 0.195 e. The van der Waals surface area contributed by atoms with Gasteiger partial charge in [0.05, 0.1) is 17.7 Å². The molecule has 0 atom stereocenters. The first-order valence-corrected chi connectivity index (χ1v) is 5.68. The van der Waals surface area contributed by atoms with Crippen molar-refractivity contribution in [1.29, 1.82) is 0 Å². The Labute approximate surface area is 95.3 Å². The molecule has 1 aromatic heterocycles. The van der Waals surface area contributed by atoms with Gasteiger partial charge in [0.15, 0.2) is 5.96 Å². The van der Waals surface area contributed by atoms with Crippen LogP contribution in [-0.4, -0.2) is 48.9 Å². The molecule has 1 rings (SSSR count). The zero-order valence-electron chi connectivity index (χ0n) is 9.98. The molecular weight excluding hydrogens is 208 g/mol. The highest BCUT2D eigenvalue weighted by Gasteiger charge is 2.05. The summed E-state index contributed by atoms with van der Waals surface area (Å²) >= 11 is 1.66. The topological polar surface area (TPSA) is 31.7 Å². The van der Waals surface area contributed by atoms with Crippen LogP contribution in [0.15, 0.2) is 10.5 Å². The molecule has 4 nitrogen and oxygen atoms in total. The molecular formula is C10H18N4S. The van der Waals surface area contributed by atoms with E-state index in [0.717, 1.165) is 11.7 Å². The lowest BCUT2D eigenvalue weighted by Gasteiger charge is -2.22. The molecule has 0 N–H and O–H groups in total. The first kappa shape index (κ1) is 12.0. The fourth-order valence-corrected chi connectivity index (χ4v) is 2.00. The molecule has 0 spiro atoms. The van der Waals surface area contributed by atoms with Crippen LogP contribution in [-0.2, 0) is 6.54 Å². The van der Waals surface area contributed by atoms with Crippen molar-refractivity contribution in [2.45, 2.75) is 13.5 Å². The molecule has 0 aliphatic heterocycles. The van der Waals surface area contributed by atoms with Gasteiger partial charge in [0, 0.05) is 33.1 Å². The van der Waals surface area contributed by atoms with Crippen molar-refractivity contribution >= 4 is 17.3 Å². The lowest BCUT2D eigenvalue weighted by molar-refractivity contribution is 0.479. The maximum atomic E-state index is 4.56. The highest BCUT2D eigenvalue weighted by atomic mass is 32.1. The molecule has 0 aliphatic rings.